The minimum Gasteiger partial charge on any atom is -0.360 e. The van der Waals surface area contributed by atoms with Crippen LogP contribution in [-0.2, 0) is 10.0 Å². The molecule has 0 amide bonds. The quantitative estimate of drug-likeness (QED) is 0.404. The molecule has 1 saturated carbocycles. The van der Waals surface area contributed by atoms with E-state index in [1.54, 1.807) is 25.4 Å². The molecule has 1 fully saturated rings. The normalized spacial score (nSPS) is 16.6. The summed E-state index contributed by atoms with van der Waals surface area (Å²) in [4.78, 5) is 20.6. The highest BCUT2D eigenvalue weighted by atomic mass is 32.2. The molecule has 1 aliphatic carbocycles. The summed E-state index contributed by atoms with van der Waals surface area (Å²) in [5, 5.41) is 1.18. The van der Waals surface area contributed by atoms with E-state index < -0.39 is 10.0 Å². The van der Waals surface area contributed by atoms with Gasteiger partial charge in [0.1, 0.15) is 4.90 Å². The van der Waals surface area contributed by atoms with E-state index in [1.165, 1.54) is 28.7 Å². The van der Waals surface area contributed by atoms with Crippen LogP contribution < -0.4 is 0 Å². The highest BCUT2D eigenvalue weighted by Crippen LogP contribution is 2.29. The second-order valence-corrected chi connectivity index (χ2v) is 11.4. The van der Waals surface area contributed by atoms with E-state index in [4.69, 9.17) is 0 Å². The van der Waals surface area contributed by atoms with Crippen LogP contribution in [-0.4, -0.2) is 46.8 Å². The summed E-state index contributed by atoms with van der Waals surface area (Å²) in [6.45, 7) is 1.85. The molecule has 31 heavy (non-hydrogen) atoms. The number of nitrogens with one attached hydrogen (secondary N) is 1. The Balaban J connectivity index is 1.46. The summed E-state index contributed by atoms with van der Waals surface area (Å²) >= 11 is 1.33. The van der Waals surface area contributed by atoms with E-state index in [0.29, 0.717) is 10.6 Å². The highest BCUT2D eigenvalue weighted by molar-refractivity contribution is 8.00. The third kappa shape index (κ3) is 4.56. The summed E-state index contributed by atoms with van der Waals surface area (Å²) < 4.78 is 27.4. The smallest absolute Gasteiger partial charge is 0.244 e. The largest absolute Gasteiger partial charge is 0.360 e. The van der Waals surface area contributed by atoms with Crippen LogP contribution in [0.15, 0.2) is 58.7 Å². The Labute approximate surface area is 187 Å². The molecule has 164 valence electrons. The average molecular weight is 458 g/mol. The molecular formula is C23H27N3O3S2. The molecule has 0 aliphatic heterocycles. The summed E-state index contributed by atoms with van der Waals surface area (Å²) in [6.07, 6.45) is 8.28. The Morgan fingerprint density at radius 1 is 1.16 bits per heavy atom. The molecule has 2 heterocycles. The lowest BCUT2D eigenvalue weighted by Crippen LogP contribution is -2.38. The van der Waals surface area contributed by atoms with Gasteiger partial charge in [0, 0.05) is 41.9 Å². The zero-order chi connectivity index (χ0) is 22.0. The molecule has 0 spiro atoms. The number of rotatable bonds is 7. The van der Waals surface area contributed by atoms with E-state index in [2.05, 4.69) is 9.97 Å². The number of hydrogen-bond donors (Lipinski definition) is 1. The van der Waals surface area contributed by atoms with Crippen molar-refractivity contribution in [3.63, 3.8) is 0 Å². The van der Waals surface area contributed by atoms with Crippen molar-refractivity contribution in [3.8, 4) is 0 Å². The van der Waals surface area contributed by atoms with Crippen molar-refractivity contribution >= 4 is 38.5 Å². The number of fused-ring (bicyclic) bond motifs is 1. The van der Waals surface area contributed by atoms with Gasteiger partial charge in [0.15, 0.2) is 5.78 Å². The molecule has 1 aliphatic rings. The second-order valence-electron chi connectivity index (χ2n) is 8.02. The number of ketones is 1. The van der Waals surface area contributed by atoms with Crippen molar-refractivity contribution < 1.29 is 13.2 Å². The van der Waals surface area contributed by atoms with Gasteiger partial charge in [-0.1, -0.05) is 49.2 Å². The zero-order valence-corrected chi connectivity index (χ0v) is 19.4. The van der Waals surface area contributed by atoms with Crippen LogP contribution in [0.3, 0.4) is 0 Å². The molecule has 1 N–H and O–H groups in total. The number of benzene rings is 1. The van der Waals surface area contributed by atoms with Crippen LogP contribution >= 0.6 is 11.8 Å². The van der Waals surface area contributed by atoms with Crippen molar-refractivity contribution in [2.24, 2.45) is 0 Å². The van der Waals surface area contributed by atoms with Gasteiger partial charge >= 0.3 is 0 Å². The number of hydrogen-bond acceptors (Lipinski definition) is 5. The number of thioether (sulfide) groups is 1. The molecule has 1 atom stereocenters. The first kappa shape index (κ1) is 22.0. The van der Waals surface area contributed by atoms with Crippen molar-refractivity contribution in [2.45, 2.75) is 60.2 Å². The molecular weight excluding hydrogens is 430 g/mol. The minimum absolute atomic E-state index is 0.0120. The SMILES string of the molecule is C[C@@H](Sc1ccc(S(=O)(=O)N(C)C2CCCCC2)cn1)C(=O)c1c[nH]c2ccccc12. The highest BCUT2D eigenvalue weighted by Gasteiger charge is 2.29. The van der Waals surface area contributed by atoms with E-state index in [0.717, 1.165) is 36.6 Å². The number of para-hydroxylation sites is 1. The lowest BCUT2D eigenvalue weighted by molar-refractivity contribution is 0.0995. The number of nitrogens with zero attached hydrogens (tertiary/aromatic N) is 2. The molecule has 6 nitrogen and oxygen atoms in total. The molecule has 2 aromatic heterocycles. The topological polar surface area (TPSA) is 83.1 Å². The number of H-pyrrole nitrogens is 1. The third-order valence-electron chi connectivity index (χ3n) is 6.00. The first-order valence-electron chi connectivity index (χ1n) is 10.6. The maximum atomic E-state index is 13.0. The van der Waals surface area contributed by atoms with Gasteiger partial charge in [0.05, 0.1) is 10.3 Å². The number of sulfonamides is 1. The molecule has 0 radical (unpaired) electrons. The van der Waals surface area contributed by atoms with Gasteiger partial charge in [-0.2, -0.15) is 4.31 Å². The van der Waals surface area contributed by atoms with Gasteiger partial charge in [-0.25, -0.2) is 13.4 Å². The summed E-state index contributed by atoms with van der Waals surface area (Å²) in [6, 6.07) is 11.0. The average Bonchev–Trinajstić information content (AvgIpc) is 3.23. The maximum absolute atomic E-state index is 13.0. The molecule has 4 rings (SSSR count). The molecule has 1 aromatic carbocycles. The standard InChI is InChI=1S/C23H27N3O3S2/c1-16(23(27)20-15-24-21-11-7-6-10-19(20)21)30-22-13-12-18(14-25-22)31(28,29)26(2)17-8-4-3-5-9-17/h6-7,10-17,24H,3-5,8-9H2,1-2H3/t16-/m1/s1. The minimum atomic E-state index is -3.57. The Hall–Kier alpha value is -2.16. The number of Topliss-reactive ketones (excluding diaryl/α,β-unsaturated/α-hetero) is 1. The van der Waals surface area contributed by atoms with Crippen molar-refractivity contribution in [1.29, 1.82) is 0 Å². The molecule has 3 aromatic rings. The van der Waals surface area contributed by atoms with Gasteiger partial charge in [0.2, 0.25) is 10.0 Å². The van der Waals surface area contributed by atoms with E-state index in [-0.39, 0.29) is 22.0 Å². The predicted molar refractivity (Wildman–Crippen MR) is 124 cm³/mol. The summed E-state index contributed by atoms with van der Waals surface area (Å²) in [7, 11) is -1.91. The van der Waals surface area contributed by atoms with E-state index >= 15 is 0 Å². The van der Waals surface area contributed by atoms with Gasteiger partial charge in [-0.3, -0.25) is 4.79 Å². The monoisotopic (exact) mass is 457 g/mol. The fourth-order valence-electron chi connectivity index (χ4n) is 4.13. The number of carbonyl (C=O) groups excluding carboxylic acids is 1. The lowest BCUT2D eigenvalue weighted by atomic mass is 9.96. The molecule has 0 bridgehead atoms. The van der Waals surface area contributed by atoms with Crippen LogP contribution in [0.2, 0.25) is 0 Å². The van der Waals surface area contributed by atoms with Gasteiger partial charge in [-0.15, -0.1) is 0 Å². The zero-order valence-electron chi connectivity index (χ0n) is 17.7. The lowest BCUT2D eigenvalue weighted by Gasteiger charge is -2.30. The second kappa shape index (κ2) is 9.14. The van der Waals surface area contributed by atoms with Crippen molar-refractivity contribution in [3.05, 3.63) is 54.4 Å². The number of aromatic amines is 1. The Morgan fingerprint density at radius 3 is 2.61 bits per heavy atom. The Morgan fingerprint density at radius 2 is 1.90 bits per heavy atom. The van der Waals surface area contributed by atoms with Crippen LogP contribution in [0, 0.1) is 0 Å². The Bertz CT molecular complexity index is 1170. The van der Waals surface area contributed by atoms with Gasteiger partial charge < -0.3 is 4.98 Å². The van der Waals surface area contributed by atoms with Crippen molar-refractivity contribution in [2.75, 3.05) is 7.05 Å². The predicted octanol–water partition coefficient (Wildman–Crippen LogP) is 4.88. The van der Waals surface area contributed by atoms with Crippen molar-refractivity contribution in [1.82, 2.24) is 14.3 Å². The van der Waals surface area contributed by atoms with Crippen LogP contribution in [0.5, 0.6) is 0 Å². The summed E-state index contributed by atoms with van der Waals surface area (Å²) in [5.41, 5.74) is 1.58. The van der Waals surface area contributed by atoms with E-state index in [1.807, 2.05) is 31.2 Å². The van der Waals surface area contributed by atoms with Crippen LogP contribution in [0.4, 0.5) is 0 Å². The molecule has 0 saturated heterocycles. The third-order valence-corrected chi connectivity index (χ3v) is 8.94. The maximum Gasteiger partial charge on any atom is 0.244 e. The number of aromatic nitrogens is 2. The van der Waals surface area contributed by atoms with Crippen LogP contribution in [0.1, 0.15) is 49.4 Å². The molecule has 8 heteroatoms. The number of pyridine rings is 1. The van der Waals surface area contributed by atoms with Crippen LogP contribution in [0.25, 0.3) is 10.9 Å². The molecule has 0 unspecified atom stereocenters. The Kier molecular flexibility index (Phi) is 6.50. The van der Waals surface area contributed by atoms with Gasteiger partial charge in [-0.05, 0) is 38.0 Å². The summed E-state index contributed by atoms with van der Waals surface area (Å²) in [5.74, 6) is 0.0120. The fraction of sp³-hybridized carbons (Fsp3) is 0.391. The van der Waals surface area contributed by atoms with Gasteiger partial charge in [0.25, 0.3) is 0 Å². The first-order chi connectivity index (χ1) is 14.9. The first-order valence-corrected chi connectivity index (χ1v) is 12.9. The van der Waals surface area contributed by atoms with E-state index in [9.17, 15) is 13.2 Å². The fourth-order valence-corrected chi connectivity index (χ4v) is 6.34. The number of carbonyl (C=O) groups is 1.